The maximum atomic E-state index is 6.28. The van der Waals surface area contributed by atoms with Crippen LogP contribution in [0.15, 0.2) is 39.4 Å². The van der Waals surface area contributed by atoms with E-state index in [0.29, 0.717) is 0 Å². The minimum Gasteiger partial charge on any atom is -0.319 e. The number of aromatic nitrogens is 1. The van der Waals surface area contributed by atoms with Gasteiger partial charge >= 0.3 is 0 Å². The van der Waals surface area contributed by atoms with Crippen LogP contribution >= 0.6 is 31.9 Å². The van der Waals surface area contributed by atoms with Gasteiger partial charge in [-0.25, -0.2) is 0 Å². The van der Waals surface area contributed by atoms with Crippen LogP contribution in [0.3, 0.4) is 0 Å². The number of halogens is 2. The summed E-state index contributed by atoms with van der Waals surface area (Å²) >= 11 is 6.89. The monoisotopic (exact) mass is 368 g/mol. The van der Waals surface area contributed by atoms with E-state index in [-0.39, 0.29) is 6.04 Å². The molecule has 18 heavy (non-hydrogen) atoms. The number of benzene rings is 1. The first-order valence-electron chi connectivity index (χ1n) is 5.62. The quantitative estimate of drug-likeness (QED) is 0.858. The number of nitrogens with zero attached hydrogens (tertiary/aromatic N) is 1. The largest absolute Gasteiger partial charge is 0.319 e. The Bertz CT molecular complexity index is 582. The lowest BCUT2D eigenvalue weighted by Gasteiger charge is -2.15. The fourth-order valence-corrected chi connectivity index (χ4v) is 3.00. The van der Waals surface area contributed by atoms with Gasteiger partial charge in [0, 0.05) is 15.1 Å². The number of nitrogens with two attached hydrogens (primary N) is 1. The molecule has 4 heteroatoms. The van der Waals surface area contributed by atoms with E-state index in [9.17, 15) is 0 Å². The molecule has 1 unspecified atom stereocenters. The van der Waals surface area contributed by atoms with Gasteiger partial charge in [-0.15, -0.1) is 0 Å². The molecule has 1 atom stereocenters. The van der Waals surface area contributed by atoms with E-state index < -0.39 is 0 Å². The van der Waals surface area contributed by atoms with Crippen molar-refractivity contribution in [1.82, 2.24) is 4.98 Å². The van der Waals surface area contributed by atoms with E-state index in [1.54, 1.807) is 6.20 Å². The van der Waals surface area contributed by atoms with Crippen LogP contribution in [0.1, 0.15) is 28.4 Å². The molecule has 2 aromatic rings. The van der Waals surface area contributed by atoms with E-state index in [1.807, 2.05) is 6.07 Å². The predicted molar refractivity (Wildman–Crippen MR) is 81.6 cm³/mol. The third-order valence-electron chi connectivity index (χ3n) is 3.02. The van der Waals surface area contributed by atoms with Gasteiger partial charge in [0.15, 0.2) is 0 Å². The minimum absolute atomic E-state index is 0.216. The predicted octanol–water partition coefficient (Wildman–Crippen LogP) is 4.27. The summed E-state index contributed by atoms with van der Waals surface area (Å²) < 4.78 is 1.85. The summed E-state index contributed by atoms with van der Waals surface area (Å²) in [5.74, 6) is 0. The Kier molecular flexibility index (Phi) is 4.20. The molecule has 0 aliphatic heterocycles. The summed E-state index contributed by atoms with van der Waals surface area (Å²) in [6.45, 7) is 4.19. The highest BCUT2D eigenvalue weighted by molar-refractivity contribution is 9.11. The summed E-state index contributed by atoms with van der Waals surface area (Å²) in [6.07, 6.45) is 1.76. The van der Waals surface area contributed by atoms with Crippen molar-refractivity contribution in [3.05, 3.63) is 61.8 Å². The molecule has 0 amide bonds. The van der Waals surface area contributed by atoms with Gasteiger partial charge in [0.2, 0.25) is 0 Å². The Morgan fingerprint density at radius 2 is 1.83 bits per heavy atom. The zero-order valence-corrected chi connectivity index (χ0v) is 13.4. The average molecular weight is 370 g/mol. The Hall–Kier alpha value is -0.710. The lowest BCUT2D eigenvalue weighted by atomic mass is 9.99. The van der Waals surface area contributed by atoms with Gasteiger partial charge < -0.3 is 5.73 Å². The number of hydrogen-bond donors (Lipinski definition) is 1. The molecule has 2 N–H and O–H groups in total. The van der Waals surface area contributed by atoms with Gasteiger partial charge in [-0.1, -0.05) is 18.2 Å². The van der Waals surface area contributed by atoms with Crippen LogP contribution in [0.5, 0.6) is 0 Å². The molecule has 1 aromatic carbocycles. The maximum absolute atomic E-state index is 6.28. The van der Waals surface area contributed by atoms with Crippen LogP contribution in [0, 0.1) is 13.8 Å². The van der Waals surface area contributed by atoms with Crippen molar-refractivity contribution >= 4 is 31.9 Å². The molecular formula is C14H14Br2N2. The van der Waals surface area contributed by atoms with E-state index in [1.165, 1.54) is 11.1 Å². The van der Waals surface area contributed by atoms with Crippen LogP contribution in [-0.2, 0) is 0 Å². The fraction of sp³-hybridized carbons (Fsp3) is 0.214. The summed E-state index contributed by atoms with van der Waals surface area (Å²) in [7, 11) is 0. The summed E-state index contributed by atoms with van der Waals surface area (Å²) in [4.78, 5) is 4.39. The number of aryl methyl sites for hydroxylation is 2. The highest BCUT2D eigenvalue weighted by Crippen LogP contribution is 2.28. The van der Waals surface area contributed by atoms with Gasteiger partial charge in [-0.3, -0.25) is 4.98 Å². The third-order valence-corrected chi connectivity index (χ3v) is 4.09. The lowest BCUT2D eigenvalue weighted by molar-refractivity contribution is 0.819. The van der Waals surface area contributed by atoms with Crippen LogP contribution in [0.4, 0.5) is 0 Å². The van der Waals surface area contributed by atoms with Gasteiger partial charge in [0.05, 0.1) is 11.7 Å². The molecule has 0 saturated carbocycles. The molecule has 0 fully saturated rings. The van der Waals surface area contributed by atoms with Crippen molar-refractivity contribution in [3.8, 4) is 0 Å². The zero-order valence-electron chi connectivity index (χ0n) is 10.2. The van der Waals surface area contributed by atoms with Crippen molar-refractivity contribution < 1.29 is 0 Å². The highest BCUT2D eigenvalue weighted by Gasteiger charge is 2.14. The summed E-state index contributed by atoms with van der Waals surface area (Å²) in [5.41, 5.74) is 10.7. The van der Waals surface area contributed by atoms with E-state index in [0.717, 1.165) is 20.2 Å². The lowest BCUT2D eigenvalue weighted by Crippen LogP contribution is -2.14. The van der Waals surface area contributed by atoms with Gasteiger partial charge in [-0.05, 0) is 68.5 Å². The van der Waals surface area contributed by atoms with E-state index in [4.69, 9.17) is 5.73 Å². The number of hydrogen-bond acceptors (Lipinski definition) is 2. The smallest absolute Gasteiger partial charge is 0.0758 e. The normalized spacial score (nSPS) is 12.5. The molecule has 0 radical (unpaired) electrons. The molecule has 0 bridgehead atoms. The Morgan fingerprint density at radius 3 is 2.44 bits per heavy atom. The van der Waals surface area contributed by atoms with Crippen LogP contribution in [-0.4, -0.2) is 4.98 Å². The SMILES string of the molecule is Cc1ccc(C(N)c2ncc(Br)cc2Br)cc1C. The maximum Gasteiger partial charge on any atom is 0.0758 e. The van der Waals surface area contributed by atoms with Crippen molar-refractivity contribution in [2.75, 3.05) is 0 Å². The molecular weight excluding hydrogens is 356 g/mol. The Morgan fingerprint density at radius 1 is 1.11 bits per heavy atom. The molecule has 2 nitrogen and oxygen atoms in total. The minimum atomic E-state index is -0.216. The summed E-state index contributed by atoms with van der Waals surface area (Å²) in [6, 6.07) is 8.02. The molecule has 94 valence electrons. The first-order chi connectivity index (χ1) is 8.49. The Labute approximate surface area is 124 Å². The topological polar surface area (TPSA) is 38.9 Å². The summed E-state index contributed by atoms with van der Waals surface area (Å²) in [5, 5.41) is 0. The van der Waals surface area contributed by atoms with E-state index >= 15 is 0 Å². The number of pyridine rings is 1. The van der Waals surface area contributed by atoms with Gasteiger partial charge in [-0.2, -0.15) is 0 Å². The second kappa shape index (κ2) is 5.51. The fourth-order valence-electron chi connectivity index (χ4n) is 1.77. The van der Waals surface area contributed by atoms with Crippen molar-refractivity contribution in [2.24, 2.45) is 5.73 Å². The zero-order chi connectivity index (χ0) is 13.3. The standard InChI is InChI=1S/C14H14Br2N2/c1-8-3-4-10(5-9(8)2)13(17)14-12(16)6-11(15)7-18-14/h3-7,13H,17H2,1-2H3. The molecule has 2 rings (SSSR count). The van der Waals surface area contributed by atoms with Crippen molar-refractivity contribution in [2.45, 2.75) is 19.9 Å². The van der Waals surface area contributed by atoms with Gasteiger partial charge in [0.1, 0.15) is 0 Å². The van der Waals surface area contributed by atoms with Crippen LogP contribution in [0.25, 0.3) is 0 Å². The second-order valence-electron chi connectivity index (χ2n) is 4.34. The van der Waals surface area contributed by atoms with Crippen LogP contribution < -0.4 is 5.73 Å². The van der Waals surface area contributed by atoms with E-state index in [2.05, 4.69) is 68.9 Å². The average Bonchev–Trinajstić information content (AvgIpc) is 2.32. The number of rotatable bonds is 2. The second-order valence-corrected chi connectivity index (χ2v) is 6.11. The highest BCUT2D eigenvalue weighted by atomic mass is 79.9. The molecule has 0 aliphatic carbocycles. The Balaban J connectivity index is 2.41. The third kappa shape index (κ3) is 2.82. The molecule has 1 heterocycles. The first kappa shape index (κ1) is 13.7. The van der Waals surface area contributed by atoms with Gasteiger partial charge in [0.25, 0.3) is 0 Å². The first-order valence-corrected chi connectivity index (χ1v) is 7.21. The molecule has 0 aliphatic rings. The van der Waals surface area contributed by atoms with Crippen LogP contribution in [0.2, 0.25) is 0 Å². The van der Waals surface area contributed by atoms with Crippen molar-refractivity contribution in [3.63, 3.8) is 0 Å². The molecule has 0 spiro atoms. The molecule has 1 aromatic heterocycles. The molecule has 0 saturated heterocycles. The van der Waals surface area contributed by atoms with Crippen molar-refractivity contribution in [1.29, 1.82) is 0 Å².